The van der Waals surface area contributed by atoms with Crippen molar-refractivity contribution in [1.82, 2.24) is 14.9 Å². The van der Waals surface area contributed by atoms with Gasteiger partial charge in [-0.3, -0.25) is 4.98 Å². The van der Waals surface area contributed by atoms with Gasteiger partial charge in [-0.15, -0.1) is 0 Å². The summed E-state index contributed by atoms with van der Waals surface area (Å²) in [7, 11) is 1.36. The minimum atomic E-state index is -0.424. The van der Waals surface area contributed by atoms with E-state index in [2.05, 4.69) is 10.3 Å². The van der Waals surface area contributed by atoms with Gasteiger partial charge in [0.1, 0.15) is 11.9 Å². The summed E-state index contributed by atoms with van der Waals surface area (Å²) < 4.78 is 20.7. The van der Waals surface area contributed by atoms with Crippen LogP contribution < -0.4 is 10.2 Å². The normalized spacial score (nSPS) is 17.5. The zero-order chi connectivity index (χ0) is 23.7. The highest BCUT2D eigenvalue weighted by Gasteiger charge is 2.42. The second kappa shape index (κ2) is 9.07. The standard InChI is InChI=1S/C26H21FN4O2S/c1-33-25(32)19-7-2-3-9-21(19)30-16-6-10-22(30)24-23(20-8-4-5-15-28-20)29-26(34)31(24)18-13-11-17(27)12-14-18/h2-16,23-24H,1H3,(H,29,34)/t23-,24-/m0/s1. The maximum atomic E-state index is 13.7. The first-order chi connectivity index (χ1) is 16.6. The van der Waals surface area contributed by atoms with Gasteiger partial charge in [-0.05, 0) is 72.9 Å². The molecule has 1 saturated heterocycles. The molecule has 0 unspecified atom stereocenters. The van der Waals surface area contributed by atoms with Crippen LogP contribution in [0.5, 0.6) is 0 Å². The molecule has 2 aromatic carbocycles. The average Bonchev–Trinajstić information content (AvgIpc) is 3.49. The molecule has 1 N–H and O–H groups in total. The van der Waals surface area contributed by atoms with E-state index in [-0.39, 0.29) is 17.9 Å². The number of nitrogens with zero attached hydrogens (tertiary/aromatic N) is 3. The number of anilines is 1. The number of para-hydroxylation sites is 1. The van der Waals surface area contributed by atoms with Gasteiger partial charge < -0.3 is 19.5 Å². The van der Waals surface area contributed by atoms with Gasteiger partial charge >= 0.3 is 5.97 Å². The Morgan fingerprint density at radius 1 is 1.03 bits per heavy atom. The molecular formula is C26H21FN4O2S. The predicted molar refractivity (Wildman–Crippen MR) is 131 cm³/mol. The summed E-state index contributed by atoms with van der Waals surface area (Å²) in [5, 5.41) is 3.90. The van der Waals surface area contributed by atoms with Crippen molar-refractivity contribution in [2.45, 2.75) is 12.1 Å². The van der Waals surface area contributed by atoms with E-state index in [1.807, 2.05) is 58.1 Å². The van der Waals surface area contributed by atoms with Gasteiger partial charge in [-0.2, -0.15) is 0 Å². The molecule has 5 rings (SSSR count). The molecule has 4 aromatic rings. The highest BCUT2D eigenvalue weighted by molar-refractivity contribution is 7.80. The van der Waals surface area contributed by atoms with Crippen molar-refractivity contribution in [3.05, 3.63) is 114 Å². The number of rotatable bonds is 5. The van der Waals surface area contributed by atoms with E-state index in [1.54, 1.807) is 30.5 Å². The number of methoxy groups -OCH3 is 1. The molecule has 0 spiro atoms. The van der Waals surface area contributed by atoms with E-state index in [4.69, 9.17) is 17.0 Å². The third kappa shape index (κ3) is 3.82. The smallest absolute Gasteiger partial charge is 0.339 e. The average molecular weight is 473 g/mol. The maximum Gasteiger partial charge on any atom is 0.339 e. The third-order valence-electron chi connectivity index (χ3n) is 5.86. The van der Waals surface area contributed by atoms with Crippen molar-refractivity contribution < 1.29 is 13.9 Å². The van der Waals surface area contributed by atoms with Crippen LogP contribution in [0.3, 0.4) is 0 Å². The third-order valence-corrected chi connectivity index (χ3v) is 6.17. The van der Waals surface area contributed by atoms with Gasteiger partial charge in [-0.25, -0.2) is 9.18 Å². The first kappa shape index (κ1) is 21.8. The summed E-state index contributed by atoms with van der Waals surface area (Å²) in [5.41, 5.74) is 3.57. The lowest BCUT2D eigenvalue weighted by molar-refractivity contribution is 0.0600. The molecule has 8 heteroatoms. The molecule has 0 saturated carbocycles. The van der Waals surface area contributed by atoms with E-state index >= 15 is 0 Å². The van der Waals surface area contributed by atoms with Crippen molar-refractivity contribution in [2.24, 2.45) is 0 Å². The summed E-state index contributed by atoms with van der Waals surface area (Å²) in [6, 6.07) is 22.5. The Kier molecular flexibility index (Phi) is 5.81. The van der Waals surface area contributed by atoms with Gasteiger partial charge in [-0.1, -0.05) is 18.2 Å². The highest BCUT2D eigenvalue weighted by Crippen LogP contribution is 2.42. The lowest BCUT2D eigenvalue weighted by Gasteiger charge is -2.29. The number of pyridine rings is 1. The van der Waals surface area contributed by atoms with Gasteiger partial charge in [0.2, 0.25) is 0 Å². The van der Waals surface area contributed by atoms with Crippen LogP contribution >= 0.6 is 12.2 Å². The number of thiocarbonyl (C=S) groups is 1. The van der Waals surface area contributed by atoms with Gasteiger partial charge in [0.15, 0.2) is 5.11 Å². The molecule has 170 valence electrons. The molecule has 34 heavy (non-hydrogen) atoms. The largest absolute Gasteiger partial charge is 0.465 e. The van der Waals surface area contributed by atoms with Crippen molar-refractivity contribution in [3.8, 4) is 5.69 Å². The van der Waals surface area contributed by atoms with Gasteiger partial charge in [0.05, 0.1) is 30.1 Å². The molecule has 0 bridgehead atoms. The number of nitrogens with one attached hydrogen (secondary N) is 1. The molecule has 2 aromatic heterocycles. The van der Waals surface area contributed by atoms with Gasteiger partial charge in [0, 0.05) is 23.8 Å². The van der Waals surface area contributed by atoms with Crippen molar-refractivity contribution in [2.75, 3.05) is 12.0 Å². The van der Waals surface area contributed by atoms with E-state index in [0.717, 1.165) is 17.1 Å². The fourth-order valence-electron chi connectivity index (χ4n) is 4.36. The van der Waals surface area contributed by atoms with E-state index in [1.165, 1.54) is 19.2 Å². The van der Waals surface area contributed by atoms with Crippen molar-refractivity contribution in [3.63, 3.8) is 0 Å². The minimum Gasteiger partial charge on any atom is -0.465 e. The maximum absolute atomic E-state index is 13.7. The Balaban J connectivity index is 1.69. The van der Waals surface area contributed by atoms with E-state index in [0.29, 0.717) is 16.4 Å². The second-order valence-corrected chi connectivity index (χ2v) is 8.17. The van der Waals surface area contributed by atoms with Crippen LogP contribution in [0, 0.1) is 5.82 Å². The Morgan fingerprint density at radius 3 is 2.53 bits per heavy atom. The lowest BCUT2D eigenvalue weighted by atomic mass is 10.0. The zero-order valence-electron chi connectivity index (χ0n) is 18.3. The van der Waals surface area contributed by atoms with E-state index in [9.17, 15) is 9.18 Å². The number of ether oxygens (including phenoxy) is 1. The van der Waals surface area contributed by atoms with Crippen LogP contribution in [0.15, 0.2) is 91.3 Å². The number of hydrogen-bond donors (Lipinski definition) is 1. The number of carbonyl (C=O) groups is 1. The number of esters is 1. The first-order valence-electron chi connectivity index (χ1n) is 10.7. The number of aromatic nitrogens is 2. The van der Waals surface area contributed by atoms with Crippen molar-refractivity contribution in [1.29, 1.82) is 0 Å². The number of carbonyl (C=O) groups excluding carboxylic acids is 1. The molecule has 0 amide bonds. The summed E-state index contributed by atoms with van der Waals surface area (Å²) in [5.74, 6) is -0.748. The molecule has 3 heterocycles. The fraction of sp³-hybridized carbons (Fsp3) is 0.115. The second-order valence-electron chi connectivity index (χ2n) is 7.78. The molecule has 0 radical (unpaired) electrons. The van der Waals surface area contributed by atoms with Crippen LogP contribution in [0.1, 0.15) is 33.8 Å². The summed E-state index contributed by atoms with van der Waals surface area (Å²) in [4.78, 5) is 19.0. The SMILES string of the molecule is COC(=O)c1ccccc1-n1cccc1[C@H]1[C@H](c2ccccn2)NC(=S)N1c1ccc(F)cc1. The Morgan fingerprint density at radius 2 is 1.79 bits per heavy atom. The van der Waals surface area contributed by atoms with Crippen LogP contribution in [-0.4, -0.2) is 27.7 Å². The Hall–Kier alpha value is -4.04. The van der Waals surface area contributed by atoms with Crippen LogP contribution in [0.4, 0.5) is 10.1 Å². The monoisotopic (exact) mass is 472 g/mol. The van der Waals surface area contributed by atoms with Gasteiger partial charge in [0.25, 0.3) is 0 Å². The molecule has 6 nitrogen and oxygen atoms in total. The molecular weight excluding hydrogens is 451 g/mol. The molecule has 0 aliphatic carbocycles. The Labute approximate surface area is 201 Å². The van der Waals surface area contributed by atoms with Crippen LogP contribution in [0.2, 0.25) is 0 Å². The zero-order valence-corrected chi connectivity index (χ0v) is 19.1. The first-order valence-corrected chi connectivity index (χ1v) is 11.1. The molecule has 1 fully saturated rings. The van der Waals surface area contributed by atoms with E-state index < -0.39 is 5.97 Å². The van der Waals surface area contributed by atoms with Crippen LogP contribution in [0.25, 0.3) is 5.69 Å². The fourth-order valence-corrected chi connectivity index (χ4v) is 4.70. The van der Waals surface area contributed by atoms with Crippen LogP contribution in [-0.2, 0) is 4.74 Å². The molecule has 1 aliphatic rings. The summed E-state index contributed by atoms with van der Waals surface area (Å²) in [6.45, 7) is 0. The summed E-state index contributed by atoms with van der Waals surface area (Å²) >= 11 is 5.74. The highest BCUT2D eigenvalue weighted by atomic mass is 32.1. The number of benzene rings is 2. The molecule has 1 aliphatic heterocycles. The topological polar surface area (TPSA) is 59.4 Å². The van der Waals surface area contributed by atoms with Crippen molar-refractivity contribution >= 4 is 29.0 Å². The predicted octanol–water partition coefficient (Wildman–Crippen LogP) is 4.98. The quantitative estimate of drug-likeness (QED) is 0.327. The molecule has 2 atom stereocenters. The Bertz CT molecular complexity index is 1340. The number of hydrogen-bond acceptors (Lipinski definition) is 4. The number of halogens is 1. The lowest BCUT2D eigenvalue weighted by Crippen LogP contribution is -2.30. The summed E-state index contributed by atoms with van der Waals surface area (Å²) in [6.07, 6.45) is 3.64. The minimum absolute atomic E-state index is 0.280.